The first-order valence-corrected chi connectivity index (χ1v) is 4.96. The average Bonchev–Trinajstić information content (AvgIpc) is 2.53. The van der Waals surface area contributed by atoms with Crippen LogP contribution < -0.4 is 5.32 Å². The van der Waals surface area contributed by atoms with Gasteiger partial charge in [0.15, 0.2) is 0 Å². The van der Waals surface area contributed by atoms with Crippen LogP contribution >= 0.6 is 0 Å². The van der Waals surface area contributed by atoms with Crippen molar-refractivity contribution in [1.29, 1.82) is 0 Å². The van der Waals surface area contributed by atoms with Crippen molar-refractivity contribution in [2.75, 3.05) is 20.1 Å². The van der Waals surface area contributed by atoms with Crippen molar-refractivity contribution in [2.45, 2.75) is 25.3 Å². The van der Waals surface area contributed by atoms with E-state index < -0.39 is 0 Å². The molecule has 2 aliphatic heterocycles. The van der Waals surface area contributed by atoms with Crippen LogP contribution in [-0.4, -0.2) is 31.1 Å². The summed E-state index contributed by atoms with van der Waals surface area (Å²) in [4.78, 5) is 2.52. The molecule has 1 saturated heterocycles. The SMILES string of the molecule is CN1CCCC1C1CC=CNC1. The van der Waals surface area contributed by atoms with Gasteiger partial charge in [0.1, 0.15) is 0 Å². The first kappa shape index (κ1) is 8.11. The number of likely N-dealkylation sites (tertiary alicyclic amines) is 1. The van der Waals surface area contributed by atoms with E-state index >= 15 is 0 Å². The number of rotatable bonds is 1. The summed E-state index contributed by atoms with van der Waals surface area (Å²) in [7, 11) is 2.26. The van der Waals surface area contributed by atoms with Gasteiger partial charge in [0.05, 0.1) is 0 Å². The van der Waals surface area contributed by atoms with Gasteiger partial charge in [0.25, 0.3) is 0 Å². The fraction of sp³-hybridized carbons (Fsp3) is 0.800. The molecule has 68 valence electrons. The maximum Gasteiger partial charge on any atom is 0.0187 e. The maximum atomic E-state index is 3.33. The van der Waals surface area contributed by atoms with Gasteiger partial charge in [0.2, 0.25) is 0 Å². The van der Waals surface area contributed by atoms with Crippen molar-refractivity contribution in [3.05, 3.63) is 12.3 Å². The van der Waals surface area contributed by atoms with Crippen LogP contribution in [0.2, 0.25) is 0 Å². The van der Waals surface area contributed by atoms with Crippen LogP contribution in [-0.2, 0) is 0 Å². The van der Waals surface area contributed by atoms with Crippen LogP contribution in [0.25, 0.3) is 0 Å². The lowest BCUT2D eigenvalue weighted by atomic mass is 9.93. The number of hydrogen-bond donors (Lipinski definition) is 1. The first-order valence-electron chi connectivity index (χ1n) is 4.96. The van der Waals surface area contributed by atoms with Crippen LogP contribution in [0, 0.1) is 5.92 Å². The standard InChI is InChI=1S/C10H18N2/c1-12-7-3-5-10(12)9-4-2-6-11-8-9/h2,6,9-11H,3-5,7-8H2,1H3. The van der Waals surface area contributed by atoms with Crippen molar-refractivity contribution >= 4 is 0 Å². The molecular formula is C10H18N2. The average molecular weight is 166 g/mol. The van der Waals surface area contributed by atoms with Crippen molar-refractivity contribution in [1.82, 2.24) is 10.2 Å². The quantitative estimate of drug-likeness (QED) is 0.630. The van der Waals surface area contributed by atoms with Gasteiger partial charge < -0.3 is 10.2 Å². The highest BCUT2D eigenvalue weighted by molar-refractivity contribution is 4.95. The summed E-state index contributed by atoms with van der Waals surface area (Å²) in [5.41, 5.74) is 0. The van der Waals surface area contributed by atoms with E-state index in [9.17, 15) is 0 Å². The Morgan fingerprint density at radius 2 is 2.42 bits per heavy atom. The minimum atomic E-state index is 0.836. The molecule has 0 saturated carbocycles. The zero-order valence-electron chi connectivity index (χ0n) is 7.79. The number of nitrogens with zero attached hydrogens (tertiary/aromatic N) is 1. The molecule has 0 bridgehead atoms. The lowest BCUT2D eigenvalue weighted by Gasteiger charge is -2.30. The zero-order chi connectivity index (χ0) is 8.39. The molecule has 1 fully saturated rings. The lowest BCUT2D eigenvalue weighted by Crippen LogP contribution is -2.38. The Morgan fingerprint density at radius 1 is 1.50 bits per heavy atom. The third-order valence-corrected chi connectivity index (χ3v) is 3.18. The fourth-order valence-electron chi connectivity index (χ4n) is 2.45. The Morgan fingerprint density at radius 3 is 3.00 bits per heavy atom. The van der Waals surface area contributed by atoms with E-state index in [1.807, 2.05) is 0 Å². The first-order chi connectivity index (χ1) is 5.88. The molecule has 0 aromatic rings. The van der Waals surface area contributed by atoms with Crippen LogP contribution in [0.15, 0.2) is 12.3 Å². The third kappa shape index (κ3) is 1.48. The molecule has 0 radical (unpaired) electrons. The van der Waals surface area contributed by atoms with Gasteiger partial charge in [-0.1, -0.05) is 6.08 Å². The van der Waals surface area contributed by atoms with E-state index in [4.69, 9.17) is 0 Å². The van der Waals surface area contributed by atoms with Crippen LogP contribution in [0.4, 0.5) is 0 Å². The highest BCUT2D eigenvalue weighted by atomic mass is 15.2. The summed E-state index contributed by atoms with van der Waals surface area (Å²) in [6, 6.07) is 0.836. The molecule has 0 aromatic heterocycles. The third-order valence-electron chi connectivity index (χ3n) is 3.18. The van der Waals surface area contributed by atoms with E-state index in [-0.39, 0.29) is 0 Å². The summed E-state index contributed by atoms with van der Waals surface area (Å²) in [5, 5.41) is 3.33. The molecule has 2 aliphatic rings. The molecule has 0 aromatic carbocycles. The molecule has 2 nitrogen and oxygen atoms in total. The van der Waals surface area contributed by atoms with Gasteiger partial charge in [-0.25, -0.2) is 0 Å². The Labute approximate surface area is 74.6 Å². The molecule has 1 N–H and O–H groups in total. The molecular weight excluding hydrogens is 148 g/mol. The predicted molar refractivity (Wildman–Crippen MR) is 50.9 cm³/mol. The molecule has 2 rings (SSSR count). The monoisotopic (exact) mass is 166 g/mol. The molecule has 2 heterocycles. The Balaban J connectivity index is 1.94. The van der Waals surface area contributed by atoms with Gasteiger partial charge in [0, 0.05) is 12.6 Å². The van der Waals surface area contributed by atoms with Crippen molar-refractivity contribution in [3.8, 4) is 0 Å². The van der Waals surface area contributed by atoms with Gasteiger partial charge in [-0.2, -0.15) is 0 Å². The number of nitrogens with one attached hydrogen (secondary N) is 1. The smallest absolute Gasteiger partial charge is 0.0187 e. The highest BCUT2D eigenvalue weighted by Crippen LogP contribution is 2.25. The topological polar surface area (TPSA) is 15.3 Å². The minimum Gasteiger partial charge on any atom is -0.391 e. The van der Waals surface area contributed by atoms with Gasteiger partial charge in [-0.05, 0) is 45.0 Å². The summed E-state index contributed by atoms with van der Waals surface area (Å²) >= 11 is 0. The van der Waals surface area contributed by atoms with Crippen molar-refractivity contribution in [2.24, 2.45) is 5.92 Å². The second kappa shape index (κ2) is 3.48. The molecule has 2 atom stereocenters. The van der Waals surface area contributed by atoms with E-state index in [2.05, 4.69) is 29.5 Å². The van der Waals surface area contributed by atoms with Gasteiger partial charge in [-0.3, -0.25) is 0 Å². The molecule has 0 spiro atoms. The lowest BCUT2D eigenvalue weighted by molar-refractivity contribution is 0.222. The fourth-order valence-corrected chi connectivity index (χ4v) is 2.45. The summed E-state index contributed by atoms with van der Waals surface area (Å²) < 4.78 is 0. The Bertz CT molecular complexity index is 177. The summed E-state index contributed by atoms with van der Waals surface area (Å²) in [6.07, 6.45) is 8.41. The number of hydrogen-bond acceptors (Lipinski definition) is 2. The van der Waals surface area contributed by atoms with Gasteiger partial charge in [-0.15, -0.1) is 0 Å². The van der Waals surface area contributed by atoms with Crippen LogP contribution in [0.1, 0.15) is 19.3 Å². The van der Waals surface area contributed by atoms with E-state index in [1.165, 1.54) is 32.4 Å². The molecule has 0 amide bonds. The normalized spacial score (nSPS) is 36.8. The minimum absolute atomic E-state index is 0.836. The Kier molecular flexibility index (Phi) is 2.35. The van der Waals surface area contributed by atoms with Crippen LogP contribution in [0.3, 0.4) is 0 Å². The zero-order valence-corrected chi connectivity index (χ0v) is 7.79. The van der Waals surface area contributed by atoms with E-state index in [0.717, 1.165) is 12.0 Å². The molecule has 0 aliphatic carbocycles. The second-order valence-corrected chi connectivity index (χ2v) is 4.00. The summed E-state index contributed by atoms with van der Waals surface area (Å²) in [6.45, 7) is 2.47. The van der Waals surface area contributed by atoms with Crippen LogP contribution in [0.5, 0.6) is 0 Å². The molecule has 2 heteroatoms. The van der Waals surface area contributed by atoms with Crippen molar-refractivity contribution < 1.29 is 0 Å². The maximum absolute atomic E-state index is 3.33. The second-order valence-electron chi connectivity index (χ2n) is 4.00. The Hall–Kier alpha value is -0.500. The predicted octanol–water partition coefficient (Wildman–Crippen LogP) is 1.20. The van der Waals surface area contributed by atoms with Crippen molar-refractivity contribution in [3.63, 3.8) is 0 Å². The largest absolute Gasteiger partial charge is 0.391 e. The van der Waals surface area contributed by atoms with E-state index in [1.54, 1.807) is 0 Å². The molecule has 12 heavy (non-hydrogen) atoms. The highest BCUT2D eigenvalue weighted by Gasteiger charge is 2.28. The number of allylic oxidation sites excluding steroid dienone is 1. The summed E-state index contributed by atoms with van der Waals surface area (Å²) in [5.74, 6) is 0.850. The van der Waals surface area contributed by atoms with E-state index in [0.29, 0.717) is 0 Å². The molecule has 2 unspecified atom stereocenters. The van der Waals surface area contributed by atoms with Gasteiger partial charge >= 0.3 is 0 Å².